The summed E-state index contributed by atoms with van der Waals surface area (Å²) in [5.74, 6) is -1.60. The number of carbonyl (C=O) groups excluding carboxylic acids is 1. The molecule has 2 heterocycles. The van der Waals surface area contributed by atoms with Crippen molar-refractivity contribution in [2.24, 2.45) is 0 Å². The molecule has 4 rings (SSSR count). The third-order valence-electron chi connectivity index (χ3n) is 5.62. The lowest BCUT2D eigenvalue weighted by Crippen LogP contribution is -2.37. The molecule has 0 saturated carbocycles. The molecule has 0 aliphatic carbocycles. The van der Waals surface area contributed by atoms with Gasteiger partial charge in [0.2, 0.25) is 5.91 Å². The minimum Gasteiger partial charge on any atom is -0.478 e. The van der Waals surface area contributed by atoms with Crippen molar-refractivity contribution in [3.05, 3.63) is 58.5 Å². The van der Waals surface area contributed by atoms with Gasteiger partial charge >= 0.3 is 5.97 Å². The van der Waals surface area contributed by atoms with Gasteiger partial charge in [0.05, 0.1) is 16.1 Å². The maximum Gasteiger partial charge on any atom is 0.335 e. The van der Waals surface area contributed by atoms with E-state index in [1.165, 1.54) is 23.9 Å². The van der Waals surface area contributed by atoms with E-state index in [9.17, 15) is 14.7 Å². The molecular weight excluding hydrogens is 439 g/mol. The molecule has 0 atom stereocenters. The Morgan fingerprint density at radius 3 is 2.61 bits per heavy atom. The minimum atomic E-state index is -1.01. The standard InChI is InChI=1S/C23H22ClFN2O3S/c1-14-22(31-16-7-5-6-15(12-16)23(29)30)17-8-9-18(24)20(25)21(17)27(14)13-19(28)26-10-3-2-4-11-26/h5-9,12H,2-4,10-11,13H2,1H3,(H,29,30). The van der Waals surface area contributed by atoms with Crippen LogP contribution in [-0.2, 0) is 11.3 Å². The van der Waals surface area contributed by atoms with Crippen molar-refractivity contribution in [3.8, 4) is 0 Å². The molecule has 0 unspecified atom stereocenters. The first kappa shape index (κ1) is 21.7. The first-order valence-electron chi connectivity index (χ1n) is 10.1. The number of carbonyl (C=O) groups is 2. The number of carboxylic acid groups (broad SMARTS) is 1. The summed E-state index contributed by atoms with van der Waals surface area (Å²) in [6, 6.07) is 9.86. The normalized spacial score (nSPS) is 14.2. The lowest BCUT2D eigenvalue weighted by Gasteiger charge is -2.27. The Balaban J connectivity index is 1.77. The second-order valence-corrected chi connectivity index (χ2v) is 9.13. The lowest BCUT2D eigenvalue weighted by molar-refractivity contribution is -0.132. The van der Waals surface area contributed by atoms with E-state index in [-0.39, 0.29) is 23.0 Å². The van der Waals surface area contributed by atoms with Crippen molar-refractivity contribution in [1.82, 2.24) is 9.47 Å². The highest BCUT2D eigenvalue weighted by Gasteiger charge is 2.24. The third-order valence-corrected chi connectivity index (χ3v) is 7.12. The van der Waals surface area contributed by atoms with Gasteiger partial charge in [-0.3, -0.25) is 4.79 Å². The van der Waals surface area contributed by atoms with E-state index in [4.69, 9.17) is 11.6 Å². The first-order chi connectivity index (χ1) is 14.9. The molecule has 1 fully saturated rings. The second-order valence-electron chi connectivity index (χ2n) is 7.63. The van der Waals surface area contributed by atoms with Crippen molar-refractivity contribution in [2.45, 2.75) is 42.5 Å². The molecule has 2 aromatic carbocycles. The smallest absolute Gasteiger partial charge is 0.335 e. The third kappa shape index (κ3) is 4.29. The maximum atomic E-state index is 15.1. The van der Waals surface area contributed by atoms with Gasteiger partial charge in [0.25, 0.3) is 0 Å². The van der Waals surface area contributed by atoms with Crippen LogP contribution in [-0.4, -0.2) is 39.5 Å². The number of hydrogen-bond donors (Lipinski definition) is 1. The van der Waals surface area contributed by atoms with Gasteiger partial charge in [0, 0.05) is 34.0 Å². The fourth-order valence-corrected chi connectivity index (χ4v) is 5.24. The summed E-state index contributed by atoms with van der Waals surface area (Å²) in [6.07, 6.45) is 3.09. The van der Waals surface area contributed by atoms with E-state index in [0.717, 1.165) is 47.8 Å². The number of likely N-dealkylation sites (tertiary alicyclic amines) is 1. The molecule has 0 radical (unpaired) electrons. The lowest BCUT2D eigenvalue weighted by atomic mass is 10.1. The minimum absolute atomic E-state index is 0.00101. The summed E-state index contributed by atoms with van der Waals surface area (Å²) in [5.41, 5.74) is 1.22. The summed E-state index contributed by atoms with van der Waals surface area (Å²) < 4.78 is 16.8. The fourth-order valence-electron chi connectivity index (χ4n) is 3.99. The molecule has 162 valence electrons. The Hall–Kier alpha value is -2.51. The number of hydrogen-bond acceptors (Lipinski definition) is 3. The predicted octanol–water partition coefficient (Wildman–Crippen LogP) is 5.60. The molecule has 0 spiro atoms. The van der Waals surface area contributed by atoms with Crippen LogP contribution in [0.25, 0.3) is 10.9 Å². The van der Waals surface area contributed by atoms with E-state index in [1.807, 2.05) is 17.9 Å². The number of aromatic carboxylic acids is 1. The van der Waals surface area contributed by atoms with Crippen LogP contribution in [0.3, 0.4) is 0 Å². The zero-order valence-corrected chi connectivity index (χ0v) is 18.6. The van der Waals surface area contributed by atoms with Gasteiger partial charge in [-0.05, 0) is 56.5 Å². The molecule has 1 saturated heterocycles. The number of benzene rings is 2. The quantitative estimate of drug-likeness (QED) is 0.538. The Bertz CT molecular complexity index is 1170. The van der Waals surface area contributed by atoms with Crippen LogP contribution < -0.4 is 0 Å². The zero-order valence-electron chi connectivity index (χ0n) is 17.0. The van der Waals surface area contributed by atoms with Crippen molar-refractivity contribution in [2.75, 3.05) is 13.1 Å². The highest BCUT2D eigenvalue weighted by Crippen LogP contribution is 2.40. The number of piperidine rings is 1. The Kier molecular flexibility index (Phi) is 6.25. The second kappa shape index (κ2) is 8.93. The highest BCUT2D eigenvalue weighted by atomic mass is 35.5. The summed E-state index contributed by atoms with van der Waals surface area (Å²) in [6.45, 7) is 3.34. The summed E-state index contributed by atoms with van der Waals surface area (Å²) >= 11 is 7.42. The molecule has 1 amide bonds. The molecule has 8 heteroatoms. The summed E-state index contributed by atoms with van der Waals surface area (Å²) in [7, 11) is 0. The SMILES string of the molecule is Cc1c(Sc2cccc(C(=O)O)c2)c2ccc(Cl)c(F)c2n1CC(=O)N1CCCCC1. The number of aromatic nitrogens is 1. The number of nitrogens with zero attached hydrogens (tertiary/aromatic N) is 2. The molecule has 31 heavy (non-hydrogen) atoms. The van der Waals surface area contributed by atoms with Crippen LogP contribution in [0.5, 0.6) is 0 Å². The van der Waals surface area contributed by atoms with Crippen molar-refractivity contribution >= 4 is 46.1 Å². The Labute approximate surface area is 188 Å². The first-order valence-corrected chi connectivity index (χ1v) is 11.3. The van der Waals surface area contributed by atoms with E-state index in [2.05, 4.69) is 0 Å². The van der Waals surface area contributed by atoms with Crippen LogP contribution in [0, 0.1) is 12.7 Å². The fraction of sp³-hybridized carbons (Fsp3) is 0.304. The van der Waals surface area contributed by atoms with E-state index >= 15 is 4.39 Å². The van der Waals surface area contributed by atoms with Crippen molar-refractivity contribution in [1.29, 1.82) is 0 Å². The molecule has 0 bridgehead atoms. The van der Waals surface area contributed by atoms with Gasteiger partial charge in [0.15, 0.2) is 5.82 Å². The number of halogens is 2. The predicted molar refractivity (Wildman–Crippen MR) is 120 cm³/mol. The van der Waals surface area contributed by atoms with E-state index in [0.29, 0.717) is 10.9 Å². The molecule has 5 nitrogen and oxygen atoms in total. The summed E-state index contributed by atoms with van der Waals surface area (Å²) in [4.78, 5) is 27.6. The topological polar surface area (TPSA) is 62.5 Å². The monoisotopic (exact) mass is 460 g/mol. The average Bonchev–Trinajstić information content (AvgIpc) is 3.03. The van der Waals surface area contributed by atoms with Crippen molar-refractivity contribution < 1.29 is 19.1 Å². The van der Waals surface area contributed by atoms with Gasteiger partial charge in [-0.1, -0.05) is 29.4 Å². The number of fused-ring (bicyclic) bond motifs is 1. The Morgan fingerprint density at radius 2 is 1.90 bits per heavy atom. The van der Waals surface area contributed by atoms with Crippen LogP contribution >= 0.6 is 23.4 Å². The van der Waals surface area contributed by atoms with E-state index in [1.54, 1.807) is 22.8 Å². The Morgan fingerprint density at radius 1 is 1.16 bits per heavy atom. The summed E-state index contributed by atoms with van der Waals surface area (Å²) in [5, 5.41) is 9.93. The van der Waals surface area contributed by atoms with Crippen LogP contribution in [0.2, 0.25) is 5.02 Å². The molecule has 1 aliphatic heterocycles. The molecule has 3 aromatic rings. The van der Waals surface area contributed by atoms with Crippen LogP contribution in [0.4, 0.5) is 4.39 Å². The van der Waals surface area contributed by atoms with E-state index < -0.39 is 11.8 Å². The molecule has 1 aromatic heterocycles. The zero-order chi connectivity index (χ0) is 22.1. The molecule has 1 N–H and O–H groups in total. The maximum absolute atomic E-state index is 15.1. The number of rotatable bonds is 5. The largest absolute Gasteiger partial charge is 0.478 e. The van der Waals surface area contributed by atoms with Gasteiger partial charge < -0.3 is 14.6 Å². The highest BCUT2D eigenvalue weighted by molar-refractivity contribution is 7.99. The van der Waals surface area contributed by atoms with Crippen LogP contribution in [0.1, 0.15) is 35.3 Å². The number of amides is 1. The molecular formula is C23H22ClFN2O3S. The number of carboxylic acids is 1. The average molecular weight is 461 g/mol. The van der Waals surface area contributed by atoms with Crippen molar-refractivity contribution in [3.63, 3.8) is 0 Å². The van der Waals surface area contributed by atoms with Gasteiger partial charge in [-0.15, -0.1) is 0 Å². The van der Waals surface area contributed by atoms with Crippen LogP contribution in [0.15, 0.2) is 46.2 Å². The van der Waals surface area contributed by atoms with Gasteiger partial charge in [-0.2, -0.15) is 0 Å². The van der Waals surface area contributed by atoms with Gasteiger partial charge in [-0.25, -0.2) is 9.18 Å². The van der Waals surface area contributed by atoms with Gasteiger partial charge in [0.1, 0.15) is 6.54 Å². The molecule has 1 aliphatic rings.